The second kappa shape index (κ2) is 5.33. The van der Waals surface area contributed by atoms with Crippen molar-refractivity contribution in [1.29, 1.82) is 0 Å². The third-order valence-electron chi connectivity index (χ3n) is 0.863. The average molecular weight is 156 g/mol. The van der Waals surface area contributed by atoms with Crippen molar-refractivity contribution in [3.8, 4) is 0 Å². The van der Waals surface area contributed by atoms with E-state index >= 15 is 0 Å². The Balaban J connectivity index is 4.11. The van der Waals surface area contributed by atoms with Crippen LogP contribution < -0.4 is 0 Å². The summed E-state index contributed by atoms with van der Waals surface area (Å²) >= 11 is 1.30. The summed E-state index contributed by atoms with van der Waals surface area (Å²) in [6, 6.07) is 0. The summed E-state index contributed by atoms with van der Waals surface area (Å²) in [4.78, 5) is 1.01. The van der Waals surface area contributed by atoms with Gasteiger partial charge < -0.3 is 4.18 Å². The monoisotopic (exact) mass is 156 g/mol. The molecule has 2 heteroatoms. The van der Waals surface area contributed by atoms with Crippen LogP contribution in [0.5, 0.6) is 0 Å². The van der Waals surface area contributed by atoms with Crippen LogP contribution in [0.3, 0.4) is 0 Å². The molecule has 0 fully saturated rings. The molecule has 0 spiro atoms. The number of rotatable bonds is 4. The van der Waals surface area contributed by atoms with E-state index in [-0.39, 0.29) is 0 Å². The fourth-order valence-electron chi connectivity index (χ4n) is 0.438. The molecule has 0 aliphatic rings. The first-order valence-electron chi connectivity index (χ1n) is 2.91. The van der Waals surface area contributed by atoms with E-state index in [1.807, 2.05) is 13.0 Å². The van der Waals surface area contributed by atoms with Gasteiger partial charge in [0.25, 0.3) is 0 Å². The third kappa shape index (κ3) is 3.54. The van der Waals surface area contributed by atoms with Crippen molar-refractivity contribution in [3.05, 3.63) is 35.8 Å². The van der Waals surface area contributed by atoms with E-state index in [2.05, 4.69) is 13.2 Å². The first-order chi connectivity index (χ1) is 4.72. The van der Waals surface area contributed by atoms with E-state index in [4.69, 9.17) is 4.18 Å². The fourth-order valence-corrected chi connectivity index (χ4v) is 0.912. The van der Waals surface area contributed by atoms with Crippen molar-refractivity contribution in [2.45, 2.75) is 6.92 Å². The molecule has 0 aliphatic heterocycles. The molecule has 10 heavy (non-hydrogen) atoms. The Morgan fingerprint density at radius 2 is 2.20 bits per heavy atom. The van der Waals surface area contributed by atoms with Crippen LogP contribution in [0.4, 0.5) is 0 Å². The smallest absolute Gasteiger partial charge is 0.0508 e. The lowest BCUT2D eigenvalue weighted by Crippen LogP contribution is -1.77. The Labute approximate surface area is 66.7 Å². The molecule has 0 aliphatic carbocycles. The molecule has 1 nitrogen and oxygen atoms in total. The predicted octanol–water partition coefficient (Wildman–Crippen LogP) is 2.93. The molecule has 0 atom stereocenters. The van der Waals surface area contributed by atoms with Crippen molar-refractivity contribution >= 4 is 12.0 Å². The Morgan fingerprint density at radius 1 is 1.60 bits per heavy atom. The molecule has 0 aromatic carbocycles. The van der Waals surface area contributed by atoms with Gasteiger partial charge in [-0.15, -0.1) is 0 Å². The normalized spacial score (nSPS) is 11.2. The number of hydrogen-bond acceptors (Lipinski definition) is 2. The zero-order chi connectivity index (χ0) is 7.98. The predicted molar refractivity (Wildman–Crippen MR) is 47.7 cm³/mol. The lowest BCUT2D eigenvalue weighted by molar-refractivity contribution is 0.493. The molecule has 0 aromatic heterocycles. The lowest BCUT2D eigenvalue weighted by atomic mass is 10.3. The van der Waals surface area contributed by atoms with Crippen LogP contribution in [0.1, 0.15) is 6.92 Å². The highest BCUT2D eigenvalue weighted by Gasteiger charge is 1.95. The molecule has 0 rings (SSSR count). The minimum Gasteiger partial charge on any atom is -0.314 e. The summed E-state index contributed by atoms with van der Waals surface area (Å²) in [6.07, 6.45) is 3.59. The van der Waals surface area contributed by atoms with Crippen LogP contribution in [0.15, 0.2) is 35.8 Å². The largest absolute Gasteiger partial charge is 0.314 e. The summed E-state index contributed by atoms with van der Waals surface area (Å²) in [5, 5.41) is 0. The maximum absolute atomic E-state index is 4.86. The van der Waals surface area contributed by atoms with E-state index in [0.717, 1.165) is 10.5 Å². The standard InChI is InChI=1S/C8H12OS/c1-5-6-8(7(2)3)10-9-4/h5-6H,1-2H2,3-4H3/b8-6+. The zero-order valence-electron chi connectivity index (χ0n) is 6.39. The highest BCUT2D eigenvalue weighted by molar-refractivity contribution is 7.98. The lowest BCUT2D eigenvalue weighted by Gasteiger charge is -2.00. The van der Waals surface area contributed by atoms with Crippen molar-refractivity contribution < 1.29 is 4.18 Å². The van der Waals surface area contributed by atoms with Gasteiger partial charge in [0, 0.05) is 16.9 Å². The van der Waals surface area contributed by atoms with E-state index in [9.17, 15) is 0 Å². The van der Waals surface area contributed by atoms with Crippen molar-refractivity contribution in [1.82, 2.24) is 0 Å². The maximum atomic E-state index is 4.86. The molecular weight excluding hydrogens is 144 g/mol. The molecule has 56 valence electrons. The molecule has 0 heterocycles. The zero-order valence-corrected chi connectivity index (χ0v) is 7.20. The van der Waals surface area contributed by atoms with Crippen LogP contribution in [-0.4, -0.2) is 7.11 Å². The van der Waals surface area contributed by atoms with E-state index in [1.54, 1.807) is 13.2 Å². The Kier molecular flexibility index (Phi) is 5.08. The molecule has 0 N–H and O–H groups in total. The first kappa shape index (κ1) is 9.53. The van der Waals surface area contributed by atoms with Gasteiger partial charge in [-0.1, -0.05) is 19.2 Å². The Morgan fingerprint density at radius 3 is 2.50 bits per heavy atom. The highest BCUT2D eigenvalue weighted by atomic mass is 32.2. The quantitative estimate of drug-likeness (QED) is 0.457. The molecule has 0 aromatic rings. The number of allylic oxidation sites excluding steroid dienone is 3. The maximum Gasteiger partial charge on any atom is 0.0508 e. The molecule has 0 radical (unpaired) electrons. The first-order valence-corrected chi connectivity index (χ1v) is 3.65. The third-order valence-corrected chi connectivity index (χ3v) is 1.69. The average Bonchev–Trinajstić information content (AvgIpc) is 1.87. The SMILES string of the molecule is C=C/C=C(/SOC)C(=C)C. The van der Waals surface area contributed by atoms with Gasteiger partial charge in [-0.3, -0.25) is 0 Å². The Bertz CT molecular complexity index is 159. The van der Waals surface area contributed by atoms with E-state index in [1.165, 1.54) is 12.0 Å². The van der Waals surface area contributed by atoms with Gasteiger partial charge in [0.15, 0.2) is 0 Å². The van der Waals surface area contributed by atoms with Gasteiger partial charge in [-0.05, 0) is 18.6 Å². The summed E-state index contributed by atoms with van der Waals surface area (Å²) in [5.41, 5.74) is 0.992. The van der Waals surface area contributed by atoms with Crippen LogP contribution in [0.2, 0.25) is 0 Å². The minimum absolute atomic E-state index is 0.992. The Hall–Kier alpha value is -0.470. The summed E-state index contributed by atoms with van der Waals surface area (Å²) < 4.78 is 4.86. The highest BCUT2D eigenvalue weighted by Crippen LogP contribution is 2.22. The van der Waals surface area contributed by atoms with Gasteiger partial charge >= 0.3 is 0 Å². The van der Waals surface area contributed by atoms with Crippen molar-refractivity contribution in [3.63, 3.8) is 0 Å². The van der Waals surface area contributed by atoms with Crippen LogP contribution in [0.25, 0.3) is 0 Å². The molecule has 0 amide bonds. The molecule has 0 saturated heterocycles. The van der Waals surface area contributed by atoms with Crippen LogP contribution in [-0.2, 0) is 4.18 Å². The van der Waals surface area contributed by atoms with Crippen LogP contribution in [0, 0.1) is 0 Å². The molecular formula is C8H12OS. The van der Waals surface area contributed by atoms with Gasteiger partial charge in [-0.25, -0.2) is 0 Å². The second-order valence-electron chi connectivity index (χ2n) is 1.80. The molecule has 0 unspecified atom stereocenters. The van der Waals surface area contributed by atoms with Crippen LogP contribution >= 0.6 is 12.0 Å². The second-order valence-corrected chi connectivity index (χ2v) is 2.74. The topological polar surface area (TPSA) is 9.23 Å². The van der Waals surface area contributed by atoms with Crippen molar-refractivity contribution in [2.75, 3.05) is 7.11 Å². The van der Waals surface area contributed by atoms with Gasteiger partial charge in [0.1, 0.15) is 0 Å². The molecule has 0 saturated carbocycles. The fraction of sp³-hybridized carbons (Fsp3) is 0.250. The summed E-state index contributed by atoms with van der Waals surface area (Å²) in [5.74, 6) is 0. The van der Waals surface area contributed by atoms with Gasteiger partial charge in [0.2, 0.25) is 0 Å². The van der Waals surface area contributed by atoms with Crippen molar-refractivity contribution in [2.24, 2.45) is 0 Å². The summed E-state index contributed by atoms with van der Waals surface area (Å²) in [6.45, 7) is 9.29. The minimum atomic E-state index is 0.992. The van der Waals surface area contributed by atoms with E-state index < -0.39 is 0 Å². The van der Waals surface area contributed by atoms with Gasteiger partial charge in [0.05, 0.1) is 7.11 Å². The number of hydrogen-bond donors (Lipinski definition) is 0. The molecule has 0 bridgehead atoms. The summed E-state index contributed by atoms with van der Waals surface area (Å²) in [7, 11) is 1.63. The van der Waals surface area contributed by atoms with Gasteiger partial charge in [-0.2, -0.15) is 0 Å². The van der Waals surface area contributed by atoms with E-state index in [0.29, 0.717) is 0 Å².